The average molecular weight is 258 g/mol. The van der Waals surface area contributed by atoms with E-state index in [2.05, 4.69) is 28.2 Å². The van der Waals surface area contributed by atoms with E-state index in [0.717, 1.165) is 23.4 Å². The van der Waals surface area contributed by atoms with E-state index in [4.69, 9.17) is 4.74 Å². The lowest BCUT2D eigenvalue weighted by Crippen LogP contribution is -2.21. The predicted octanol–water partition coefficient (Wildman–Crippen LogP) is 3.29. The summed E-state index contributed by atoms with van der Waals surface area (Å²) in [7, 11) is 0. The van der Waals surface area contributed by atoms with Crippen molar-refractivity contribution < 1.29 is 4.74 Å². The van der Waals surface area contributed by atoms with Crippen LogP contribution in [0.4, 0.5) is 5.69 Å². The summed E-state index contributed by atoms with van der Waals surface area (Å²) in [4.78, 5) is 0. The third-order valence-corrected chi connectivity index (χ3v) is 2.54. The molecule has 1 N–H and O–H groups in total. The maximum Gasteiger partial charge on any atom is 0.0664 e. The molecular weight excluding hydrogens is 242 g/mol. The lowest BCUT2D eigenvalue weighted by molar-refractivity contribution is 0.141. The zero-order valence-electron chi connectivity index (χ0n) is 8.59. The van der Waals surface area contributed by atoms with Crippen molar-refractivity contribution in [2.75, 3.05) is 18.5 Å². The summed E-state index contributed by atoms with van der Waals surface area (Å²) in [6, 6.07) is 8.42. The smallest absolute Gasteiger partial charge is 0.0664 e. The summed E-state index contributed by atoms with van der Waals surface area (Å²) in [6.45, 7) is 5.61. The summed E-state index contributed by atoms with van der Waals surface area (Å²) in [5, 5.41) is 3.37. The standard InChI is InChI=1S/C11H16BrNO/c1-3-14-8-9(2)13-11-7-5-4-6-10(11)12/h4-7,9,13H,3,8H2,1-2H3. The molecule has 0 aliphatic rings. The summed E-state index contributed by atoms with van der Waals surface area (Å²) >= 11 is 3.49. The zero-order valence-corrected chi connectivity index (χ0v) is 10.2. The number of rotatable bonds is 5. The second-order valence-corrected chi connectivity index (χ2v) is 4.04. The Bertz CT molecular complexity index is 278. The molecule has 0 saturated carbocycles. The molecule has 1 aromatic rings. The zero-order chi connectivity index (χ0) is 10.4. The Balaban J connectivity index is 2.47. The molecular formula is C11H16BrNO. The highest BCUT2D eigenvalue weighted by molar-refractivity contribution is 9.10. The monoisotopic (exact) mass is 257 g/mol. The molecule has 78 valence electrons. The van der Waals surface area contributed by atoms with Crippen molar-refractivity contribution in [3.63, 3.8) is 0 Å². The number of benzene rings is 1. The Morgan fingerprint density at radius 3 is 2.79 bits per heavy atom. The quantitative estimate of drug-likeness (QED) is 0.875. The molecule has 1 unspecified atom stereocenters. The second kappa shape index (κ2) is 6.04. The van der Waals surface area contributed by atoms with Gasteiger partial charge in [-0.25, -0.2) is 0 Å². The van der Waals surface area contributed by atoms with Gasteiger partial charge in [-0.1, -0.05) is 12.1 Å². The minimum Gasteiger partial charge on any atom is -0.380 e. The van der Waals surface area contributed by atoms with Gasteiger partial charge in [0.05, 0.1) is 6.61 Å². The molecule has 0 saturated heterocycles. The molecule has 1 rings (SSSR count). The van der Waals surface area contributed by atoms with Gasteiger partial charge in [-0.3, -0.25) is 0 Å². The maximum atomic E-state index is 5.33. The lowest BCUT2D eigenvalue weighted by Gasteiger charge is -2.15. The van der Waals surface area contributed by atoms with Gasteiger partial charge in [0.2, 0.25) is 0 Å². The van der Waals surface area contributed by atoms with Gasteiger partial charge in [0, 0.05) is 22.8 Å². The first kappa shape index (κ1) is 11.5. The van der Waals surface area contributed by atoms with Crippen LogP contribution >= 0.6 is 15.9 Å². The van der Waals surface area contributed by atoms with Gasteiger partial charge >= 0.3 is 0 Å². The van der Waals surface area contributed by atoms with Crippen molar-refractivity contribution >= 4 is 21.6 Å². The number of hydrogen-bond donors (Lipinski definition) is 1. The van der Waals surface area contributed by atoms with Gasteiger partial charge in [0.1, 0.15) is 0 Å². The van der Waals surface area contributed by atoms with Crippen LogP contribution in [-0.4, -0.2) is 19.3 Å². The van der Waals surface area contributed by atoms with Crippen LogP contribution in [0.15, 0.2) is 28.7 Å². The van der Waals surface area contributed by atoms with E-state index in [1.165, 1.54) is 0 Å². The number of ether oxygens (including phenoxy) is 1. The summed E-state index contributed by atoms with van der Waals surface area (Å²) < 4.78 is 6.42. The summed E-state index contributed by atoms with van der Waals surface area (Å²) in [5.74, 6) is 0. The third-order valence-electron chi connectivity index (χ3n) is 1.85. The Labute approximate surface area is 93.8 Å². The minimum absolute atomic E-state index is 0.327. The van der Waals surface area contributed by atoms with Crippen LogP contribution in [0.25, 0.3) is 0 Å². The highest BCUT2D eigenvalue weighted by Gasteiger charge is 2.03. The van der Waals surface area contributed by atoms with E-state index in [-0.39, 0.29) is 0 Å². The van der Waals surface area contributed by atoms with Gasteiger partial charge in [0.25, 0.3) is 0 Å². The summed E-state index contributed by atoms with van der Waals surface area (Å²) in [5.41, 5.74) is 1.11. The topological polar surface area (TPSA) is 21.3 Å². The molecule has 3 heteroatoms. The Morgan fingerprint density at radius 1 is 1.43 bits per heavy atom. The third kappa shape index (κ3) is 3.68. The van der Waals surface area contributed by atoms with Crippen LogP contribution in [-0.2, 0) is 4.74 Å². The van der Waals surface area contributed by atoms with Crippen molar-refractivity contribution in [2.24, 2.45) is 0 Å². The van der Waals surface area contributed by atoms with Gasteiger partial charge in [-0.2, -0.15) is 0 Å². The Morgan fingerprint density at radius 2 is 2.14 bits per heavy atom. The fourth-order valence-electron chi connectivity index (χ4n) is 1.18. The van der Waals surface area contributed by atoms with E-state index < -0.39 is 0 Å². The molecule has 0 fully saturated rings. The first-order chi connectivity index (χ1) is 6.74. The number of halogens is 1. The van der Waals surface area contributed by atoms with E-state index in [1.807, 2.05) is 31.2 Å². The number of para-hydroxylation sites is 1. The van der Waals surface area contributed by atoms with Crippen molar-refractivity contribution in [3.8, 4) is 0 Å². The first-order valence-corrected chi connectivity index (χ1v) is 5.62. The van der Waals surface area contributed by atoms with E-state index in [1.54, 1.807) is 0 Å². The van der Waals surface area contributed by atoms with Crippen LogP contribution in [0.3, 0.4) is 0 Å². The van der Waals surface area contributed by atoms with Crippen molar-refractivity contribution in [2.45, 2.75) is 19.9 Å². The number of hydrogen-bond acceptors (Lipinski definition) is 2. The van der Waals surface area contributed by atoms with E-state index in [0.29, 0.717) is 6.04 Å². The van der Waals surface area contributed by atoms with Crippen molar-refractivity contribution in [1.82, 2.24) is 0 Å². The average Bonchev–Trinajstić information content (AvgIpc) is 2.18. The molecule has 0 amide bonds. The van der Waals surface area contributed by atoms with Crippen molar-refractivity contribution in [1.29, 1.82) is 0 Å². The minimum atomic E-state index is 0.327. The largest absolute Gasteiger partial charge is 0.380 e. The van der Waals surface area contributed by atoms with Crippen LogP contribution in [0.5, 0.6) is 0 Å². The molecule has 0 radical (unpaired) electrons. The highest BCUT2D eigenvalue weighted by atomic mass is 79.9. The highest BCUT2D eigenvalue weighted by Crippen LogP contribution is 2.21. The number of nitrogens with one attached hydrogen (secondary N) is 1. The fraction of sp³-hybridized carbons (Fsp3) is 0.455. The molecule has 0 aliphatic carbocycles. The molecule has 0 aromatic heterocycles. The lowest BCUT2D eigenvalue weighted by atomic mass is 10.3. The molecule has 0 aliphatic heterocycles. The van der Waals surface area contributed by atoms with E-state index >= 15 is 0 Å². The Hall–Kier alpha value is -0.540. The van der Waals surface area contributed by atoms with Gasteiger partial charge in [-0.15, -0.1) is 0 Å². The molecule has 2 nitrogen and oxygen atoms in total. The molecule has 1 atom stereocenters. The van der Waals surface area contributed by atoms with Gasteiger partial charge < -0.3 is 10.1 Å². The van der Waals surface area contributed by atoms with Gasteiger partial charge in [-0.05, 0) is 41.9 Å². The van der Waals surface area contributed by atoms with E-state index in [9.17, 15) is 0 Å². The van der Waals surface area contributed by atoms with Crippen molar-refractivity contribution in [3.05, 3.63) is 28.7 Å². The van der Waals surface area contributed by atoms with Crippen LogP contribution in [0.2, 0.25) is 0 Å². The maximum absolute atomic E-state index is 5.33. The summed E-state index contributed by atoms with van der Waals surface area (Å²) in [6.07, 6.45) is 0. The second-order valence-electron chi connectivity index (χ2n) is 3.18. The molecule has 14 heavy (non-hydrogen) atoms. The molecule has 0 heterocycles. The first-order valence-electron chi connectivity index (χ1n) is 4.83. The van der Waals surface area contributed by atoms with Crippen LogP contribution in [0, 0.1) is 0 Å². The SMILES string of the molecule is CCOCC(C)Nc1ccccc1Br. The normalized spacial score (nSPS) is 12.5. The molecule has 0 spiro atoms. The molecule has 1 aromatic carbocycles. The van der Waals surface area contributed by atoms with Crippen LogP contribution < -0.4 is 5.32 Å². The Kier molecular flexibility index (Phi) is 4.98. The van der Waals surface area contributed by atoms with Gasteiger partial charge in [0.15, 0.2) is 0 Å². The predicted molar refractivity (Wildman–Crippen MR) is 63.7 cm³/mol. The number of anilines is 1. The molecule has 0 bridgehead atoms. The van der Waals surface area contributed by atoms with Crippen LogP contribution in [0.1, 0.15) is 13.8 Å². The fourth-order valence-corrected chi connectivity index (χ4v) is 1.58.